The van der Waals surface area contributed by atoms with Crippen molar-refractivity contribution in [3.63, 3.8) is 0 Å². The van der Waals surface area contributed by atoms with E-state index < -0.39 is 0 Å². The molecule has 0 amide bonds. The van der Waals surface area contributed by atoms with Crippen LogP contribution < -0.4 is 0 Å². The van der Waals surface area contributed by atoms with Crippen LogP contribution in [0, 0.1) is 0 Å². The zero-order chi connectivity index (χ0) is 11.7. The predicted molar refractivity (Wildman–Crippen MR) is 74.6 cm³/mol. The Morgan fingerprint density at radius 3 is 2.56 bits per heavy atom. The quantitative estimate of drug-likeness (QED) is 0.658. The van der Waals surface area contributed by atoms with Crippen LogP contribution in [-0.4, -0.2) is 5.78 Å². The summed E-state index contributed by atoms with van der Waals surface area (Å²) in [6.07, 6.45) is 0. The molecule has 0 N–H and O–H groups in total. The molecule has 0 aliphatic rings. The largest absolute Gasteiger partial charge is 0.288 e. The van der Waals surface area contributed by atoms with E-state index in [-0.39, 0.29) is 5.78 Å². The predicted octanol–water partition coefficient (Wildman–Crippen LogP) is 5.16. The van der Waals surface area contributed by atoms with Gasteiger partial charge >= 0.3 is 0 Å². The molecule has 0 atom stereocenters. The molecule has 0 saturated heterocycles. The fraction of sp³-hybridized carbons (Fsp3) is 0. The molecular formula is C11H5Br2ClOS. The first kappa shape index (κ1) is 12.3. The third-order valence-electron chi connectivity index (χ3n) is 1.96. The number of benzene rings is 1. The number of ketones is 1. The van der Waals surface area contributed by atoms with E-state index in [0.717, 1.165) is 8.26 Å². The van der Waals surface area contributed by atoms with Crippen LogP contribution in [-0.2, 0) is 0 Å². The van der Waals surface area contributed by atoms with Crippen molar-refractivity contribution in [2.45, 2.75) is 0 Å². The zero-order valence-electron chi connectivity index (χ0n) is 7.84. The van der Waals surface area contributed by atoms with Gasteiger partial charge in [-0.05, 0) is 50.1 Å². The Balaban J connectivity index is 2.39. The van der Waals surface area contributed by atoms with Gasteiger partial charge in [0.15, 0.2) is 0 Å². The van der Waals surface area contributed by atoms with Crippen LogP contribution in [0.5, 0.6) is 0 Å². The number of carbonyl (C=O) groups is 1. The van der Waals surface area contributed by atoms with Crippen molar-refractivity contribution in [3.05, 3.63) is 54.1 Å². The fourth-order valence-electron chi connectivity index (χ4n) is 1.23. The average Bonchev–Trinajstić information content (AvgIpc) is 2.58. The minimum Gasteiger partial charge on any atom is -0.288 e. The van der Waals surface area contributed by atoms with Gasteiger partial charge in [-0.2, -0.15) is 0 Å². The smallest absolute Gasteiger partial charge is 0.203 e. The van der Waals surface area contributed by atoms with Crippen LogP contribution >= 0.6 is 54.8 Å². The molecule has 0 saturated carbocycles. The molecule has 1 aromatic carbocycles. The van der Waals surface area contributed by atoms with E-state index in [4.69, 9.17) is 11.6 Å². The molecule has 2 rings (SSSR count). The zero-order valence-corrected chi connectivity index (χ0v) is 12.6. The highest BCUT2D eigenvalue weighted by Crippen LogP contribution is 2.33. The van der Waals surface area contributed by atoms with Crippen LogP contribution in [0.4, 0.5) is 0 Å². The molecule has 0 aliphatic heterocycles. The van der Waals surface area contributed by atoms with E-state index in [1.807, 2.05) is 0 Å². The molecule has 0 fully saturated rings. The van der Waals surface area contributed by atoms with Gasteiger partial charge < -0.3 is 0 Å². The topological polar surface area (TPSA) is 17.1 Å². The third-order valence-corrected chi connectivity index (χ3v) is 5.45. The summed E-state index contributed by atoms with van der Waals surface area (Å²) >= 11 is 14.0. The standard InChI is InChI=1S/C11H5Br2ClOS/c12-8-5-9(16-11(8)13)10(15)6-2-1-3-7(14)4-6/h1-5H. The molecule has 0 unspecified atom stereocenters. The van der Waals surface area contributed by atoms with Crippen molar-refractivity contribution in [1.29, 1.82) is 0 Å². The Bertz CT molecular complexity index is 531. The molecule has 16 heavy (non-hydrogen) atoms. The number of rotatable bonds is 2. The normalized spacial score (nSPS) is 10.4. The highest BCUT2D eigenvalue weighted by atomic mass is 79.9. The molecule has 0 bridgehead atoms. The van der Waals surface area contributed by atoms with E-state index in [2.05, 4.69) is 31.9 Å². The Hall–Kier alpha value is -0.160. The van der Waals surface area contributed by atoms with Crippen molar-refractivity contribution in [2.75, 3.05) is 0 Å². The Labute approximate surface area is 119 Å². The van der Waals surface area contributed by atoms with Gasteiger partial charge in [-0.25, -0.2) is 0 Å². The lowest BCUT2D eigenvalue weighted by Gasteiger charge is -1.97. The van der Waals surface area contributed by atoms with Crippen LogP contribution in [0.25, 0.3) is 0 Å². The molecule has 2 aromatic rings. The van der Waals surface area contributed by atoms with Crippen LogP contribution in [0.3, 0.4) is 0 Å². The molecule has 1 heterocycles. The number of thiophene rings is 1. The van der Waals surface area contributed by atoms with Crippen LogP contribution in [0.1, 0.15) is 15.2 Å². The van der Waals surface area contributed by atoms with Gasteiger partial charge in [0, 0.05) is 15.1 Å². The summed E-state index contributed by atoms with van der Waals surface area (Å²) in [5, 5.41) is 0.570. The summed E-state index contributed by atoms with van der Waals surface area (Å²) in [4.78, 5) is 12.8. The van der Waals surface area contributed by atoms with Crippen molar-refractivity contribution < 1.29 is 4.79 Å². The highest BCUT2D eigenvalue weighted by molar-refractivity contribution is 9.13. The van der Waals surface area contributed by atoms with Crippen LogP contribution in [0.2, 0.25) is 5.02 Å². The monoisotopic (exact) mass is 378 g/mol. The van der Waals surface area contributed by atoms with Crippen molar-refractivity contribution in [3.8, 4) is 0 Å². The second-order valence-corrected chi connectivity index (χ2v) is 6.73. The second-order valence-electron chi connectivity index (χ2n) is 3.07. The first-order chi connectivity index (χ1) is 7.58. The van der Waals surface area contributed by atoms with Gasteiger partial charge in [-0.15, -0.1) is 11.3 Å². The Morgan fingerprint density at radius 1 is 1.25 bits per heavy atom. The molecular weight excluding hydrogens is 375 g/mol. The molecule has 0 radical (unpaired) electrons. The van der Waals surface area contributed by atoms with Gasteiger partial charge in [0.25, 0.3) is 0 Å². The fourth-order valence-corrected chi connectivity index (χ4v) is 3.42. The lowest BCUT2D eigenvalue weighted by molar-refractivity contribution is 0.104. The van der Waals surface area contributed by atoms with E-state index in [1.54, 1.807) is 30.3 Å². The maximum Gasteiger partial charge on any atom is 0.203 e. The highest BCUT2D eigenvalue weighted by Gasteiger charge is 2.14. The minimum atomic E-state index is -0.0149. The van der Waals surface area contributed by atoms with E-state index >= 15 is 0 Å². The maximum atomic E-state index is 12.1. The van der Waals surface area contributed by atoms with Gasteiger partial charge in [0.1, 0.15) is 0 Å². The average molecular weight is 380 g/mol. The molecule has 1 nitrogen and oxygen atoms in total. The first-order valence-electron chi connectivity index (χ1n) is 4.33. The van der Waals surface area contributed by atoms with Crippen molar-refractivity contribution in [1.82, 2.24) is 0 Å². The Kier molecular flexibility index (Phi) is 3.85. The van der Waals surface area contributed by atoms with Gasteiger partial charge in [-0.3, -0.25) is 4.79 Å². The van der Waals surface area contributed by atoms with E-state index in [1.165, 1.54) is 11.3 Å². The molecule has 0 aliphatic carbocycles. The SMILES string of the molecule is O=C(c1cccc(Cl)c1)c1cc(Br)c(Br)s1. The number of carbonyl (C=O) groups excluding carboxylic acids is 1. The lowest BCUT2D eigenvalue weighted by atomic mass is 10.1. The second kappa shape index (κ2) is 5.00. The third kappa shape index (κ3) is 2.56. The van der Waals surface area contributed by atoms with Crippen molar-refractivity contribution in [2.24, 2.45) is 0 Å². The maximum absolute atomic E-state index is 12.1. The summed E-state index contributed by atoms with van der Waals surface area (Å²) in [5.74, 6) is -0.0149. The molecule has 1 aromatic heterocycles. The van der Waals surface area contributed by atoms with Gasteiger partial charge in [0.2, 0.25) is 5.78 Å². The Morgan fingerprint density at radius 2 is 2.00 bits per heavy atom. The summed E-state index contributed by atoms with van der Waals surface area (Å²) in [7, 11) is 0. The summed E-state index contributed by atoms with van der Waals surface area (Å²) < 4.78 is 1.81. The van der Waals surface area contributed by atoms with E-state index in [0.29, 0.717) is 15.5 Å². The molecule has 5 heteroatoms. The first-order valence-corrected chi connectivity index (χ1v) is 7.11. The number of hydrogen-bond donors (Lipinski definition) is 0. The summed E-state index contributed by atoms with van der Waals surface area (Å²) in [6, 6.07) is 8.75. The lowest BCUT2D eigenvalue weighted by Crippen LogP contribution is -1.97. The minimum absolute atomic E-state index is 0.0149. The summed E-state index contributed by atoms with van der Waals surface area (Å²) in [5.41, 5.74) is 0.605. The summed E-state index contributed by atoms with van der Waals surface area (Å²) in [6.45, 7) is 0. The molecule has 82 valence electrons. The van der Waals surface area contributed by atoms with Crippen molar-refractivity contribution >= 4 is 60.6 Å². The van der Waals surface area contributed by atoms with E-state index in [9.17, 15) is 4.79 Å². The number of hydrogen-bond acceptors (Lipinski definition) is 2. The number of halogens is 3. The van der Waals surface area contributed by atoms with Gasteiger partial charge in [0.05, 0.1) is 8.66 Å². The van der Waals surface area contributed by atoms with Crippen LogP contribution in [0.15, 0.2) is 38.6 Å². The molecule has 0 spiro atoms. The van der Waals surface area contributed by atoms with Gasteiger partial charge in [-0.1, -0.05) is 23.7 Å².